The third-order valence-corrected chi connectivity index (χ3v) is 4.64. The molecular formula is C16H18FN3O. The molecule has 2 aromatic rings. The van der Waals surface area contributed by atoms with Crippen molar-refractivity contribution in [1.29, 1.82) is 0 Å². The van der Waals surface area contributed by atoms with Crippen molar-refractivity contribution >= 4 is 10.9 Å². The second-order valence-corrected chi connectivity index (χ2v) is 6.22. The lowest BCUT2D eigenvalue weighted by Gasteiger charge is -2.15. The molecule has 1 aliphatic heterocycles. The molecule has 0 spiro atoms. The fourth-order valence-corrected chi connectivity index (χ4v) is 3.35. The van der Waals surface area contributed by atoms with Gasteiger partial charge in [-0.2, -0.15) is 0 Å². The highest BCUT2D eigenvalue weighted by atomic mass is 19.1. The number of aromatic nitrogens is 2. The first-order valence-corrected chi connectivity index (χ1v) is 7.60. The van der Waals surface area contributed by atoms with E-state index in [1.54, 1.807) is 23.0 Å². The summed E-state index contributed by atoms with van der Waals surface area (Å²) in [6, 6.07) is 5.35. The van der Waals surface area contributed by atoms with Crippen molar-refractivity contribution in [3.8, 4) is 0 Å². The Hall–Kier alpha value is -1.75. The van der Waals surface area contributed by atoms with Crippen molar-refractivity contribution in [2.24, 2.45) is 5.92 Å². The van der Waals surface area contributed by atoms with Gasteiger partial charge in [-0.1, -0.05) is 6.07 Å². The van der Waals surface area contributed by atoms with E-state index < -0.39 is 5.82 Å². The van der Waals surface area contributed by atoms with Gasteiger partial charge in [0.05, 0.1) is 11.8 Å². The molecule has 2 fully saturated rings. The number of likely N-dealkylation sites (tertiary alicyclic amines) is 1. The average Bonchev–Trinajstić information content (AvgIpc) is 3.22. The van der Waals surface area contributed by atoms with Crippen LogP contribution in [0.4, 0.5) is 4.39 Å². The number of halogens is 1. The van der Waals surface area contributed by atoms with Gasteiger partial charge in [0, 0.05) is 19.1 Å². The van der Waals surface area contributed by atoms with Crippen molar-refractivity contribution < 1.29 is 4.39 Å². The number of hydrogen-bond donors (Lipinski definition) is 0. The highest BCUT2D eigenvalue weighted by Gasteiger charge is 2.34. The summed E-state index contributed by atoms with van der Waals surface area (Å²) in [6.07, 6.45) is 5.30. The zero-order valence-corrected chi connectivity index (χ0v) is 11.8. The maximum absolute atomic E-state index is 13.9. The van der Waals surface area contributed by atoms with E-state index in [-0.39, 0.29) is 10.9 Å². The number of fused-ring (bicyclic) bond motifs is 1. The van der Waals surface area contributed by atoms with E-state index in [0.717, 1.165) is 25.6 Å². The maximum atomic E-state index is 13.9. The summed E-state index contributed by atoms with van der Waals surface area (Å²) in [5.74, 6) is -0.0142. The Morgan fingerprint density at radius 1 is 1.29 bits per heavy atom. The highest BCUT2D eigenvalue weighted by Crippen LogP contribution is 2.32. The van der Waals surface area contributed by atoms with E-state index in [1.165, 1.54) is 18.9 Å². The van der Waals surface area contributed by atoms with Crippen molar-refractivity contribution in [3.05, 3.63) is 40.7 Å². The maximum Gasteiger partial charge on any atom is 0.264 e. The monoisotopic (exact) mass is 287 g/mol. The predicted molar refractivity (Wildman–Crippen MR) is 78.7 cm³/mol. The molecule has 5 heteroatoms. The Balaban J connectivity index is 1.60. The van der Waals surface area contributed by atoms with E-state index in [1.807, 2.05) is 0 Å². The standard InChI is InChI=1S/C16H18FN3O/c17-13-2-1-3-14-15(13)16(21)20(10-18-14)9-11-6-7-19(8-11)12-4-5-12/h1-3,10-12H,4-9H2/t11-/m0/s1. The molecule has 0 bridgehead atoms. The Labute approximate surface area is 122 Å². The van der Waals surface area contributed by atoms with Gasteiger partial charge < -0.3 is 4.90 Å². The van der Waals surface area contributed by atoms with Crippen LogP contribution in [0.25, 0.3) is 10.9 Å². The van der Waals surface area contributed by atoms with Gasteiger partial charge in [-0.15, -0.1) is 0 Å². The molecule has 2 aliphatic rings. The van der Waals surface area contributed by atoms with Crippen LogP contribution in [0.2, 0.25) is 0 Å². The molecular weight excluding hydrogens is 269 g/mol. The van der Waals surface area contributed by atoms with Crippen LogP contribution in [-0.2, 0) is 6.54 Å². The summed E-state index contributed by atoms with van der Waals surface area (Å²) in [7, 11) is 0. The van der Waals surface area contributed by atoms with Crippen LogP contribution in [0.5, 0.6) is 0 Å². The number of rotatable bonds is 3. The summed E-state index contributed by atoms with van der Waals surface area (Å²) in [5, 5.41) is 0.108. The Morgan fingerprint density at radius 2 is 2.14 bits per heavy atom. The molecule has 0 amide bonds. The summed E-state index contributed by atoms with van der Waals surface area (Å²) in [5.41, 5.74) is 0.172. The van der Waals surface area contributed by atoms with Crippen LogP contribution in [-0.4, -0.2) is 33.6 Å². The molecule has 4 rings (SSSR count). The Morgan fingerprint density at radius 3 is 2.95 bits per heavy atom. The fourth-order valence-electron chi connectivity index (χ4n) is 3.35. The summed E-state index contributed by atoms with van der Waals surface area (Å²) in [6.45, 7) is 2.81. The van der Waals surface area contributed by atoms with Crippen LogP contribution in [0, 0.1) is 11.7 Å². The molecule has 1 saturated carbocycles. The molecule has 1 atom stereocenters. The van der Waals surface area contributed by atoms with Gasteiger partial charge >= 0.3 is 0 Å². The largest absolute Gasteiger partial charge is 0.300 e. The van der Waals surface area contributed by atoms with Crippen molar-refractivity contribution in [2.45, 2.75) is 31.8 Å². The molecule has 2 heterocycles. The smallest absolute Gasteiger partial charge is 0.264 e. The topological polar surface area (TPSA) is 38.1 Å². The number of hydrogen-bond acceptors (Lipinski definition) is 3. The Bertz CT molecular complexity index is 738. The number of nitrogens with zero attached hydrogens (tertiary/aromatic N) is 3. The summed E-state index contributed by atoms with van der Waals surface area (Å²) in [4.78, 5) is 19.2. The zero-order valence-electron chi connectivity index (χ0n) is 11.8. The SMILES string of the molecule is O=c1c2c(F)cccc2ncn1C[C@H]1CCN(C2CC2)C1. The van der Waals surface area contributed by atoms with Gasteiger partial charge in [0.1, 0.15) is 11.2 Å². The molecule has 1 saturated heterocycles. The average molecular weight is 287 g/mol. The van der Waals surface area contributed by atoms with E-state index in [9.17, 15) is 9.18 Å². The highest BCUT2D eigenvalue weighted by molar-refractivity contribution is 5.77. The summed E-state index contributed by atoms with van der Waals surface area (Å²) >= 11 is 0. The third-order valence-electron chi connectivity index (χ3n) is 4.64. The molecule has 21 heavy (non-hydrogen) atoms. The van der Waals surface area contributed by atoms with Crippen LogP contribution < -0.4 is 5.56 Å². The molecule has 110 valence electrons. The van der Waals surface area contributed by atoms with Crippen LogP contribution >= 0.6 is 0 Å². The van der Waals surface area contributed by atoms with Gasteiger partial charge in [-0.05, 0) is 43.9 Å². The van der Waals surface area contributed by atoms with Gasteiger partial charge in [0.25, 0.3) is 5.56 Å². The third kappa shape index (κ3) is 2.35. The first-order chi connectivity index (χ1) is 10.2. The van der Waals surface area contributed by atoms with Crippen molar-refractivity contribution in [2.75, 3.05) is 13.1 Å². The molecule has 1 aliphatic carbocycles. The van der Waals surface area contributed by atoms with Crippen LogP contribution in [0.1, 0.15) is 19.3 Å². The Kier molecular flexibility index (Phi) is 3.03. The molecule has 0 unspecified atom stereocenters. The molecule has 1 aromatic carbocycles. The number of benzene rings is 1. The zero-order chi connectivity index (χ0) is 14.4. The first kappa shape index (κ1) is 13.0. The van der Waals surface area contributed by atoms with E-state index in [2.05, 4.69) is 9.88 Å². The lowest BCUT2D eigenvalue weighted by atomic mass is 10.1. The molecule has 0 N–H and O–H groups in total. The lowest BCUT2D eigenvalue weighted by molar-refractivity contribution is 0.306. The molecule has 4 nitrogen and oxygen atoms in total. The quantitative estimate of drug-likeness (QED) is 0.867. The van der Waals surface area contributed by atoms with Crippen molar-refractivity contribution in [3.63, 3.8) is 0 Å². The summed E-state index contributed by atoms with van der Waals surface area (Å²) < 4.78 is 15.4. The van der Waals surface area contributed by atoms with E-state index >= 15 is 0 Å². The van der Waals surface area contributed by atoms with Crippen molar-refractivity contribution in [1.82, 2.24) is 14.5 Å². The minimum Gasteiger partial charge on any atom is -0.300 e. The van der Waals surface area contributed by atoms with Gasteiger partial charge in [0.2, 0.25) is 0 Å². The second-order valence-electron chi connectivity index (χ2n) is 6.22. The van der Waals surface area contributed by atoms with Crippen LogP contribution in [0.3, 0.4) is 0 Å². The normalized spacial score (nSPS) is 23.0. The van der Waals surface area contributed by atoms with E-state index in [0.29, 0.717) is 18.0 Å². The van der Waals surface area contributed by atoms with Gasteiger partial charge in [-0.25, -0.2) is 9.37 Å². The van der Waals surface area contributed by atoms with E-state index in [4.69, 9.17) is 0 Å². The fraction of sp³-hybridized carbons (Fsp3) is 0.500. The molecule has 0 radical (unpaired) electrons. The predicted octanol–water partition coefficient (Wildman–Crippen LogP) is 2.02. The second kappa shape index (κ2) is 4.91. The van der Waals surface area contributed by atoms with Gasteiger partial charge in [-0.3, -0.25) is 9.36 Å². The lowest BCUT2D eigenvalue weighted by Crippen LogP contribution is -2.28. The minimum atomic E-state index is -0.481. The molecule has 1 aromatic heterocycles. The van der Waals surface area contributed by atoms with Crippen LogP contribution in [0.15, 0.2) is 29.3 Å². The van der Waals surface area contributed by atoms with Gasteiger partial charge in [0.15, 0.2) is 0 Å². The first-order valence-electron chi connectivity index (χ1n) is 7.60. The minimum absolute atomic E-state index is 0.108.